The third kappa shape index (κ3) is 4.87. The fourth-order valence-corrected chi connectivity index (χ4v) is 2.10. The minimum Gasteiger partial charge on any atom is -0.378 e. The van der Waals surface area contributed by atoms with E-state index in [9.17, 15) is 9.18 Å². The molecule has 0 spiro atoms. The summed E-state index contributed by atoms with van der Waals surface area (Å²) < 4.78 is 18.1. The lowest BCUT2D eigenvalue weighted by Crippen LogP contribution is -2.31. The number of amides is 2. The van der Waals surface area contributed by atoms with Gasteiger partial charge in [0.1, 0.15) is 18.0 Å². The number of methoxy groups -OCH3 is 1. The van der Waals surface area contributed by atoms with Crippen molar-refractivity contribution in [1.29, 1.82) is 0 Å². The molecule has 1 aromatic carbocycles. The summed E-state index contributed by atoms with van der Waals surface area (Å²) in [6.45, 7) is 2.09. The number of halogens is 2. The Kier molecular flexibility index (Phi) is 5.84. The van der Waals surface area contributed by atoms with Gasteiger partial charge in [-0.2, -0.15) is 0 Å². The van der Waals surface area contributed by atoms with E-state index in [2.05, 4.69) is 20.6 Å². The number of rotatable bonds is 5. The van der Waals surface area contributed by atoms with Crippen molar-refractivity contribution in [3.05, 3.63) is 52.7 Å². The van der Waals surface area contributed by atoms with E-state index in [0.717, 1.165) is 0 Å². The van der Waals surface area contributed by atoms with E-state index in [1.54, 1.807) is 26.2 Å². The molecule has 2 rings (SSSR count). The standard InChI is InChI=1S/C15H16ClFN4O2/c1-9(10-3-4-13(17)12(16)5-10)20-15(22)21-14-6-11(7-23-2)18-8-19-14/h3-6,8-9H,7H2,1-2H3,(H2,18,19,20,21,22)/t9-/m0/s1. The van der Waals surface area contributed by atoms with Gasteiger partial charge in [0.05, 0.1) is 23.4 Å². The Morgan fingerprint density at radius 2 is 2.17 bits per heavy atom. The molecule has 2 amide bonds. The van der Waals surface area contributed by atoms with Crippen molar-refractivity contribution >= 4 is 23.4 Å². The molecular weight excluding hydrogens is 323 g/mol. The third-order valence-electron chi connectivity index (χ3n) is 3.05. The Hall–Kier alpha value is -2.25. The molecule has 1 atom stereocenters. The number of benzene rings is 1. The molecule has 0 unspecified atom stereocenters. The summed E-state index contributed by atoms with van der Waals surface area (Å²) in [5.41, 5.74) is 1.34. The summed E-state index contributed by atoms with van der Waals surface area (Å²) in [5, 5.41) is 5.33. The van der Waals surface area contributed by atoms with Gasteiger partial charge in [0.25, 0.3) is 0 Å². The van der Waals surface area contributed by atoms with E-state index in [1.165, 1.54) is 18.5 Å². The second-order valence-electron chi connectivity index (χ2n) is 4.82. The average molecular weight is 339 g/mol. The molecule has 0 aliphatic carbocycles. The molecule has 0 fully saturated rings. The zero-order chi connectivity index (χ0) is 16.8. The van der Waals surface area contributed by atoms with Crippen LogP contribution in [0.2, 0.25) is 5.02 Å². The maximum absolute atomic E-state index is 13.2. The lowest BCUT2D eigenvalue weighted by atomic mass is 10.1. The summed E-state index contributed by atoms with van der Waals surface area (Å²) in [6.07, 6.45) is 1.34. The van der Waals surface area contributed by atoms with Crippen LogP contribution in [0.25, 0.3) is 0 Å². The van der Waals surface area contributed by atoms with Crippen LogP contribution < -0.4 is 10.6 Å². The monoisotopic (exact) mass is 338 g/mol. The van der Waals surface area contributed by atoms with Gasteiger partial charge in [0, 0.05) is 13.2 Å². The average Bonchev–Trinajstić information content (AvgIpc) is 2.50. The highest BCUT2D eigenvalue weighted by Gasteiger charge is 2.12. The number of aromatic nitrogens is 2. The second-order valence-corrected chi connectivity index (χ2v) is 5.23. The Balaban J connectivity index is 1.98. The first-order valence-corrected chi connectivity index (χ1v) is 7.19. The number of hydrogen-bond donors (Lipinski definition) is 2. The molecule has 1 aromatic heterocycles. The van der Waals surface area contributed by atoms with Crippen molar-refractivity contribution in [3.8, 4) is 0 Å². The predicted molar refractivity (Wildman–Crippen MR) is 84.7 cm³/mol. The minimum absolute atomic E-state index is 0.0107. The molecule has 6 nitrogen and oxygen atoms in total. The first-order valence-electron chi connectivity index (χ1n) is 6.82. The number of nitrogens with zero attached hydrogens (tertiary/aromatic N) is 2. The van der Waals surface area contributed by atoms with Crippen molar-refractivity contribution < 1.29 is 13.9 Å². The SMILES string of the molecule is COCc1cc(NC(=O)N[C@@H](C)c2ccc(F)c(Cl)c2)ncn1. The zero-order valence-electron chi connectivity index (χ0n) is 12.6. The van der Waals surface area contributed by atoms with Gasteiger partial charge >= 0.3 is 6.03 Å². The molecule has 2 N–H and O–H groups in total. The number of anilines is 1. The molecule has 0 saturated heterocycles. The molecular formula is C15H16ClFN4O2. The van der Waals surface area contributed by atoms with Gasteiger partial charge in [0.2, 0.25) is 0 Å². The first kappa shape index (κ1) is 17.1. The van der Waals surface area contributed by atoms with E-state index in [1.807, 2.05) is 0 Å². The van der Waals surface area contributed by atoms with Crippen molar-refractivity contribution in [2.45, 2.75) is 19.6 Å². The van der Waals surface area contributed by atoms with Crippen LogP contribution in [-0.4, -0.2) is 23.1 Å². The maximum Gasteiger partial charge on any atom is 0.320 e. The van der Waals surface area contributed by atoms with Gasteiger partial charge in [-0.15, -0.1) is 0 Å². The van der Waals surface area contributed by atoms with Gasteiger partial charge in [-0.05, 0) is 24.6 Å². The van der Waals surface area contributed by atoms with E-state index >= 15 is 0 Å². The van der Waals surface area contributed by atoms with E-state index in [-0.39, 0.29) is 11.1 Å². The molecule has 0 aliphatic rings. The highest BCUT2D eigenvalue weighted by molar-refractivity contribution is 6.30. The second kappa shape index (κ2) is 7.85. The van der Waals surface area contributed by atoms with Crippen molar-refractivity contribution in [2.75, 3.05) is 12.4 Å². The molecule has 0 radical (unpaired) electrons. The minimum atomic E-state index is -0.501. The van der Waals surface area contributed by atoms with Crippen LogP contribution in [0.1, 0.15) is 24.2 Å². The fourth-order valence-electron chi connectivity index (χ4n) is 1.91. The molecule has 0 bridgehead atoms. The van der Waals surface area contributed by atoms with Crippen LogP contribution in [-0.2, 0) is 11.3 Å². The van der Waals surface area contributed by atoms with Gasteiger partial charge in [0.15, 0.2) is 0 Å². The Labute approximate surface area is 138 Å². The molecule has 122 valence electrons. The third-order valence-corrected chi connectivity index (χ3v) is 3.34. The summed E-state index contributed by atoms with van der Waals surface area (Å²) in [6, 6.07) is 5.11. The van der Waals surface area contributed by atoms with E-state index in [0.29, 0.717) is 23.7 Å². The van der Waals surface area contributed by atoms with Crippen LogP contribution in [0.4, 0.5) is 15.0 Å². The van der Waals surface area contributed by atoms with Gasteiger partial charge in [-0.25, -0.2) is 19.2 Å². The molecule has 1 heterocycles. The smallest absolute Gasteiger partial charge is 0.320 e. The summed E-state index contributed by atoms with van der Waals surface area (Å²) >= 11 is 5.74. The fraction of sp³-hybridized carbons (Fsp3) is 0.267. The first-order chi connectivity index (χ1) is 11.0. The quantitative estimate of drug-likeness (QED) is 0.877. The highest BCUT2D eigenvalue weighted by atomic mass is 35.5. The topological polar surface area (TPSA) is 76.1 Å². The molecule has 2 aromatic rings. The summed E-state index contributed by atoms with van der Waals surface area (Å²) in [7, 11) is 1.55. The summed E-state index contributed by atoms with van der Waals surface area (Å²) in [5.74, 6) is -0.146. The van der Waals surface area contributed by atoms with Crippen molar-refractivity contribution in [2.24, 2.45) is 0 Å². The normalized spacial score (nSPS) is 11.8. The lowest BCUT2D eigenvalue weighted by Gasteiger charge is -2.15. The number of carbonyl (C=O) groups excluding carboxylic acids is 1. The van der Waals surface area contributed by atoms with Crippen LogP contribution in [0.3, 0.4) is 0 Å². The molecule has 8 heteroatoms. The van der Waals surface area contributed by atoms with Crippen LogP contribution in [0.15, 0.2) is 30.6 Å². The van der Waals surface area contributed by atoms with Gasteiger partial charge < -0.3 is 10.1 Å². The number of ether oxygens (including phenoxy) is 1. The molecule has 0 saturated carbocycles. The van der Waals surface area contributed by atoms with E-state index in [4.69, 9.17) is 16.3 Å². The largest absolute Gasteiger partial charge is 0.378 e. The molecule has 0 aliphatic heterocycles. The lowest BCUT2D eigenvalue weighted by molar-refractivity contribution is 0.181. The van der Waals surface area contributed by atoms with Crippen LogP contribution in [0.5, 0.6) is 0 Å². The Bertz CT molecular complexity index is 699. The maximum atomic E-state index is 13.2. The van der Waals surface area contributed by atoms with Crippen LogP contribution in [0, 0.1) is 5.82 Å². The Morgan fingerprint density at radius 1 is 1.39 bits per heavy atom. The Morgan fingerprint density at radius 3 is 2.87 bits per heavy atom. The van der Waals surface area contributed by atoms with E-state index < -0.39 is 11.8 Å². The number of carbonyl (C=O) groups is 1. The van der Waals surface area contributed by atoms with Gasteiger partial charge in [-0.1, -0.05) is 17.7 Å². The highest BCUT2D eigenvalue weighted by Crippen LogP contribution is 2.20. The van der Waals surface area contributed by atoms with Gasteiger partial charge in [-0.3, -0.25) is 5.32 Å². The molecule has 23 heavy (non-hydrogen) atoms. The number of hydrogen-bond acceptors (Lipinski definition) is 4. The number of nitrogens with one attached hydrogen (secondary N) is 2. The van der Waals surface area contributed by atoms with Crippen molar-refractivity contribution in [1.82, 2.24) is 15.3 Å². The van der Waals surface area contributed by atoms with Crippen LogP contribution >= 0.6 is 11.6 Å². The summed E-state index contributed by atoms with van der Waals surface area (Å²) in [4.78, 5) is 20.0. The zero-order valence-corrected chi connectivity index (χ0v) is 13.4. The predicted octanol–water partition coefficient (Wildman–Crippen LogP) is 3.30. The number of urea groups is 1. The van der Waals surface area contributed by atoms with Crippen molar-refractivity contribution in [3.63, 3.8) is 0 Å².